The number of aromatic nitrogens is 3. The van der Waals surface area contributed by atoms with E-state index in [1.54, 1.807) is 4.40 Å². The number of hydrogen-bond acceptors (Lipinski definition) is 5. The van der Waals surface area contributed by atoms with E-state index < -0.39 is 15.1 Å². The Hall–Kier alpha value is -1.47. The summed E-state index contributed by atoms with van der Waals surface area (Å²) in [6, 6.07) is 3.69. The maximum atomic E-state index is 12.2. The number of fused-ring (bicyclic) bond motifs is 1. The second-order valence-corrected chi connectivity index (χ2v) is 7.18. The summed E-state index contributed by atoms with van der Waals surface area (Å²) in [4.78, 5) is 0. The first-order valence-electron chi connectivity index (χ1n) is 6.37. The minimum Gasteiger partial charge on any atom is -0.326 e. The fourth-order valence-corrected chi connectivity index (χ4v) is 4.44. The molecule has 0 spiro atoms. The van der Waals surface area contributed by atoms with Crippen LogP contribution < -0.4 is 5.73 Å². The van der Waals surface area contributed by atoms with Crippen LogP contribution in [0.25, 0.3) is 5.65 Å². The van der Waals surface area contributed by atoms with E-state index in [0.717, 1.165) is 18.4 Å². The third-order valence-electron chi connectivity index (χ3n) is 3.59. The molecule has 0 saturated carbocycles. The van der Waals surface area contributed by atoms with Crippen LogP contribution in [0.2, 0.25) is 0 Å². The van der Waals surface area contributed by atoms with Gasteiger partial charge in [0.05, 0.1) is 5.75 Å². The molecular formula is C12H16N4O2S. The van der Waals surface area contributed by atoms with Gasteiger partial charge in [-0.25, -0.2) is 8.42 Å². The van der Waals surface area contributed by atoms with Gasteiger partial charge in [0.25, 0.3) is 0 Å². The van der Waals surface area contributed by atoms with Gasteiger partial charge in [0.2, 0.25) is 0 Å². The Balaban J connectivity index is 2.14. The van der Waals surface area contributed by atoms with Gasteiger partial charge in [-0.3, -0.25) is 4.40 Å². The van der Waals surface area contributed by atoms with Gasteiger partial charge in [-0.15, -0.1) is 10.2 Å². The highest BCUT2D eigenvalue weighted by molar-refractivity contribution is 7.91. The lowest BCUT2D eigenvalue weighted by Gasteiger charge is -2.20. The highest BCUT2D eigenvalue weighted by atomic mass is 32.2. The van der Waals surface area contributed by atoms with Gasteiger partial charge in [-0.05, 0) is 24.5 Å². The van der Waals surface area contributed by atoms with Crippen LogP contribution >= 0.6 is 0 Å². The minimum atomic E-state index is -3.11. The van der Waals surface area contributed by atoms with Crippen molar-refractivity contribution < 1.29 is 8.42 Å². The van der Waals surface area contributed by atoms with Crippen molar-refractivity contribution in [2.24, 2.45) is 5.73 Å². The van der Waals surface area contributed by atoms with E-state index in [4.69, 9.17) is 5.73 Å². The van der Waals surface area contributed by atoms with Crippen molar-refractivity contribution >= 4 is 15.5 Å². The zero-order chi connectivity index (χ0) is 13.5. The summed E-state index contributed by atoms with van der Waals surface area (Å²) in [6.07, 6.45) is 4.10. The lowest BCUT2D eigenvalue weighted by atomic mass is 10.2. The summed E-state index contributed by atoms with van der Waals surface area (Å²) in [5.74, 6) is 0.758. The van der Waals surface area contributed by atoms with Gasteiger partial charge < -0.3 is 5.73 Å². The largest absolute Gasteiger partial charge is 0.326 e. The molecule has 7 heteroatoms. The Morgan fingerprint density at radius 1 is 1.32 bits per heavy atom. The quantitative estimate of drug-likeness (QED) is 0.879. The molecule has 2 N–H and O–H groups in total. The van der Waals surface area contributed by atoms with Crippen LogP contribution in [-0.4, -0.2) is 28.8 Å². The summed E-state index contributed by atoms with van der Waals surface area (Å²) in [6.45, 7) is 0.408. The second-order valence-electron chi connectivity index (χ2n) is 4.88. The Labute approximate surface area is 111 Å². The fraction of sp³-hybridized carbons (Fsp3) is 0.500. The standard InChI is InChI=1S/C12H16N4O2S/c13-7-9-4-5-11-14-15-12(16(11)8-9)10-3-1-2-6-19(10,17)18/h4-5,8,10H,1-3,6-7,13H2. The first-order valence-corrected chi connectivity index (χ1v) is 8.08. The summed E-state index contributed by atoms with van der Waals surface area (Å²) in [5.41, 5.74) is 7.21. The maximum absolute atomic E-state index is 12.2. The van der Waals surface area contributed by atoms with E-state index in [0.29, 0.717) is 24.4 Å². The number of hydrogen-bond donors (Lipinski definition) is 1. The van der Waals surface area contributed by atoms with Crippen LogP contribution in [0.4, 0.5) is 0 Å². The zero-order valence-electron chi connectivity index (χ0n) is 10.5. The number of pyridine rings is 1. The van der Waals surface area contributed by atoms with Crippen molar-refractivity contribution in [2.75, 3.05) is 5.75 Å². The highest BCUT2D eigenvalue weighted by Gasteiger charge is 2.33. The van der Waals surface area contributed by atoms with Crippen molar-refractivity contribution in [3.05, 3.63) is 29.7 Å². The molecule has 3 heterocycles. The van der Waals surface area contributed by atoms with Crippen LogP contribution in [0.3, 0.4) is 0 Å². The molecule has 1 atom stereocenters. The Morgan fingerprint density at radius 2 is 2.16 bits per heavy atom. The first-order chi connectivity index (χ1) is 9.12. The fourth-order valence-electron chi connectivity index (χ4n) is 2.54. The van der Waals surface area contributed by atoms with Crippen LogP contribution in [0.5, 0.6) is 0 Å². The van der Waals surface area contributed by atoms with E-state index in [1.165, 1.54) is 0 Å². The van der Waals surface area contributed by atoms with E-state index in [-0.39, 0.29) is 5.75 Å². The normalized spacial score (nSPS) is 22.7. The monoisotopic (exact) mass is 280 g/mol. The molecule has 1 unspecified atom stereocenters. The first kappa shape index (κ1) is 12.6. The molecule has 1 aliphatic heterocycles. The molecule has 6 nitrogen and oxygen atoms in total. The van der Waals surface area contributed by atoms with Gasteiger partial charge in [0.15, 0.2) is 21.3 Å². The molecule has 1 aliphatic rings. The van der Waals surface area contributed by atoms with Crippen molar-refractivity contribution in [3.63, 3.8) is 0 Å². The summed E-state index contributed by atoms with van der Waals surface area (Å²) in [7, 11) is -3.11. The molecule has 0 aromatic carbocycles. The lowest BCUT2D eigenvalue weighted by molar-refractivity contribution is 0.537. The average molecular weight is 280 g/mol. The summed E-state index contributed by atoms with van der Waals surface area (Å²) < 4.78 is 26.1. The van der Waals surface area contributed by atoms with Crippen LogP contribution in [0, 0.1) is 0 Å². The van der Waals surface area contributed by atoms with Crippen LogP contribution in [-0.2, 0) is 16.4 Å². The van der Waals surface area contributed by atoms with E-state index in [1.807, 2.05) is 18.3 Å². The Morgan fingerprint density at radius 3 is 2.89 bits per heavy atom. The number of nitrogens with zero attached hydrogens (tertiary/aromatic N) is 3. The topological polar surface area (TPSA) is 90.3 Å². The molecule has 0 amide bonds. The van der Waals surface area contributed by atoms with Crippen molar-refractivity contribution in [3.8, 4) is 0 Å². The molecule has 3 rings (SSSR count). The van der Waals surface area contributed by atoms with E-state index in [2.05, 4.69) is 10.2 Å². The highest BCUT2D eigenvalue weighted by Crippen LogP contribution is 2.32. The van der Waals surface area contributed by atoms with Gasteiger partial charge in [0, 0.05) is 12.7 Å². The molecule has 102 valence electrons. The van der Waals surface area contributed by atoms with Crippen molar-refractivity contribution in [1.82, 2.24) is 14.6 Å². The third-order valence-corrected chi connectivity index (χ3v) is 5.76. The van der Waals surface area contributed by atoms with Gasteiger partial charge >= 0.3 is 0 Å². The summed E-state index contributed by atoms with van der Waals surface area (Å²) in [5, 5.41) is 7.59. The number of rotatable bonds is 2. The van der Waals surface area contributed by atoms with Crippen molar-refractivity contribution in [1.29, 1.82) is 0 Å². The number of sulfone groups is 1. The SMILES string of the molecule is NCc1ccc2nnc(C3CCCCS3(=O)=O)n2c1. The predicted molar refractivity (Wildman–Crippen MR) is 71.3 cm³/mol. The lowest BCUT2D eigenvalue weighted by Crippen LogP contribution is -2.23. The van der Waals surface area contributed by atoms with Crippen molar-refractivity contribution in [2.45, 2.75) is 31.1 Å². The molecule has 1 saturated heterocycles. The third kappa shape index (κ3) is 2.12. The average Bonchev–Trinajstić information content (AvgIpc) is 2.81. The molecule has 0 radical (unpaired) electrons. The van der Waals surface area contributed by atoms with Crippen LogP contribution in [0.15, 0.2) is 18.3 Å². The minimum absolute atomic E-state index is 0.239. The van der Waals surface area contributed by atoms with E-state index >= 15 is 0 Å². The molecule has 0 aliphatic carbocycles. The molecule has 0 bridgehead atoms. The summed E-state index contributed by atoms with van der Waals surface area (Å²) >= 11 is 0. The molecule has 1 fully saturated rings. The maximum Gasteiger partial charge on any atom is 0.160 e. The predicted octanol–water partition coefficient (Wildman–Crippen LogP) is 0.828. The second kappa shape index (κ2) is 4.57. The molecule has 19 heavy (non-hydrogen) atoms. The molecule has 2 aromatic rings. The Bertz CT molecular complexity index is 708. The van der Waals surface area contributed by atoms with E-state index in [9.17, 15) is 8.42 Å². The molecular weight excluding hydrogens is 264 g/mol. The number of nitrogens with two attached hydrogens (primary N) is 1. The smallest absolute Gasteiger partial charge is 0.160 e. The Kier molecular flexibility index (Phi) is 3.02. The van der Waals surface area contributed by atoms with Gasteiger partial charge in [-0.1, -0.05) is 12.5 Å². The van der Waals surface area contributed by atoms with Gasteiger partial charge in [0.1, 0.15) is 5.25 Å². The molecule has 2 aromatic heterocycles. The van der Waals surface area contributed by atoms with Gasteiger partial charge in [-0.2, -0.15) is 0 Å². The van der Waals surface area contributed by atoms with Crippen LogP contribution in [0.1, 0.15) is 35.9 Å². The zero-order valence-corrected chi connectivity index (χ0v) is 11.3.